The van der Waals surface area contributed by atoms with E-state index in [4.69, 9.17) is 11.6 Å². The standard InChI is InChI=1S/C14H22ClNO3S2/c1-4-6-7-11(17)14(10(3)5-2)16-21(18,19)13-9-8-12(15)20-13/h4,6,8-11,14,16-17H,5,7H2,1-3H3/t10-,11?,14+/m0/s1. The van der Waals surface area contributed by atoms with Crippen molar-refractivity contribution in [2.45, 2.75) is 50.0 Å². The number of aliphatic hydroxyl groups excluding tert-OH is 1. The maximum Gasteiger partial charge on any atom is 0.250 e. The second-order valence-electron chi connectivity index (χ2n) is 4.96. The molecule has 0 amide bonds. The average Bonchev–Trinajstić information content (AvgIpc) is 2.88. The number of allylic oxidation sites excluding steroid dienone is 1. The van der Waals surface area contributed by atoms with Crippen molar-refractivity contribution in [1.82, 2.24) is 4.72 Å². The fourth-order valence-electron chi connectivity index (χ4n) is 1.93. The number of hydrogen-bond acceptors (Lipinski definition) is 4. The van der Waals surface area contributed by atoms with Crippen molar-refractivity contribution in [2.24, 2.45) is 5.92 Å². The van der Waals surface area contributed by atoms with Crippen LogP contribution in [0.4, 0.5) is 0 Å². The molecule has 0 aliphatic rings. The lowest BCUT2D eigenvalue weighted by Crippen LogP contribution is -2.47. The van der Waals surface area contributed by atoms with Crippen molar-refractivity contribution in [2.75, 3.05) is 0 Å². The Hall–Kier alpha value is -0.400. The van der Waals surface area contributed by atoms with Gasteiger partial charge in [0.1, 0.15) is 4.21 Å². The van der Waals surface area contributed by atoms with E-state index in [9.17, 15) is 13.5 Å². The Labute approximate surface area is 135 Å². The SMILES string of the molecule is CC=CCC(O)[C@H](NS(=O)(=O)c1ccc(Cl)s1)[C@@H](C)CC. The maximum absolute atomic E-state index is 12.4. The number of sulfonamides is 1. The van der Waals surface area contributed by atoms with E-state index < -0.39 is 22.2 Å². The number of halogens is 1. The molecule has 1 heterocycles. The Morgan fingerprint density at radius 2 is 2.14 bits per heavy atom. The maximum atomic E-state index is 12.4. The van der Waals surface area contributed by atoms with Gasteiger partial charge in [-0.25, -0.2) is 13.1 Å². The first-order chi connectivity index (χ1) is 9.81. The lowest BCUT2D eigenvalue weighted by atomic mass is 9.93. The highest BCUT2D eigenvalue weighted by Crippen LogP contribution is 2.26. The molecule has 3 atom stereocenters. The van der Waals surface area contributed by atoms with Gasteiger partial charge in [0, 0.05) is 0 Å². The molecule has 1 unspecified atom stereocenters. The highest BCUT2D eigenvalue weighted by Gasteiger charge is 2.29. The summed E-state index contributed by atoms with van der Waals surface area (Å²) < 4.78 is 27.9. The predicted molar refractivity (Wildman–Crippen MR) is 88.3 cm³/mol. The first-order valence-corrected chi connectivity index (χ1v) is 9.56. The minimum Gasteiger partial charge on any atom is -0.391 e. The molecule has 120 valence electrons. The van der Waals surface area contributed by atoms with Gasteiger partial charge in [0.15, 0.2) is 0 Å². The molecule has 0 bridgehead atoms. The molecule has 21 heavy (non-hydrogen) atoms. The van der Waals surface area contributed by atoms with Crippen LogP contribution in [0.3, 0.4) is 0 Å². The molecule has 0 aromatic carbocycles. The van der Waals surface area contributed by atoms with Crippen molar-refractivity contribution in [3.63, 3.8) is 0 Å². The zero-order valence-electron chi connectivity index (χ0n) is 12.4. The van der Waals surface area contributed by atoms with Crippen LogP contribution in [0.5, 0.6) is 0 Å². The average molecular weight is 352 g/mol. The third-order valence-electron chi connectivity index (χ3n) is 3.39. The topological polar surface area (TPSA) is 66.4 Å². The summed E-state index contributed by atoms with van der Waals surface area (Å²) in [6, 6.07) is 2.49. The first-order valence-electron chi connectivity index (χ1n) is 6.88. The summed E-state index contributed by atoms with van der Waals surface area (Å²) in [5.74, 6) is 0.0236. The molecule has 1 rings (SSSR count). The van der Waals surface area contributed by atoms with Crippen molar-refractivity contribution in [1.29, 1.82) is 0 Å². The molecule has 0 saturated carbocycles. The van der Waals surface area contributed by atoms with Gasteiger partial charge < -0.3 is 5.11 Å². The van der Waals surface area contributed by atoms with Crippen LogP contribution in [0.2, 0.25) is 4.34 Å². The summed E-state index contributed by atoms with van der Waals surface area (Å²) in [5, 5.41) is 10.3. The molecule has 0 radical (unpaired) electrons. The van der Waals surface area contributed by atoms with Crippen LogP contribution in [0.25, 0.3) is 0 Å². The largest absolute Gasteiger partial charge is 0.391 e. The van der Waals surface area contributed by atoms with Gasteiger partial charge in [-0.15, -0.1) is 11.3 Å². The van der Waals surface area contributed by atoms with Crippen LogP contribution >= 0.6 is 22.9 Å². The van der Waals surface area contributed by atoms with E-state index in [2.05, 4.69) is 4.72 Å². The van der Waals surface area contributed by atoms with Gasteiger partial charge in [-0.05, 0) is 31.4 Å². The van der Waals surface area contributed by atoms with Crippen molar-refractivity contribution in [3.8, 4) is 0 Å². The van der Waals surface area contributed by atoms with Crippen molar-refractivity contribution in [3.05, 3.63) is 28.6 Å². The van der Waals surface area contributed by atoms with Crippen LogP contribution < -0.4 is 4.72 Å². The third kappa shape index (κ3) is 5.38. The van der Waals surface area contributed by atoms with Gasteiger partial charge in [-0.3, -0.25) is 0 Å². The molecule has 7 heteroatoms. The molecule has 0 aliphatic heterocycles. The van der Waals surface area contributed by atoms with Gasteiger partial charge in [0.2, 0.25) is 10.0 Å². The van der Waals surface area contributed by atoms with Crippen molar-refractivity contribution < 1.29 is 13.5 Å². The fraction of sp³-hybridized carbons (Fsp3) is 0.571. The molecule has 0 saturated heterocycles. The molecule has 0 fully saturated rings. The summed E-state index contributed by atoms with van der Waals surface area (Å²) >= 11 is 6.80. The number of aliphatic hydroxyl groups is 1. The second kappa shape index (κ2) is 8.29. The second-order valence-corrected chi connectivity index (χ2v) is 8.62. The fourth-order valence-corrected chi connectivity index (χ4v) is 4.81. The smallest absolute Gasteiger partial charge is 0.250 e. The molecule has 2 N–H and O–H groups in total. The molecule has 1 aromatic heterocycles. The van der Waals surface area contributed by atoms with Crippen LogP contribution in [0.15, 0.2) is 28.5 Å². The van der Waals surface area contributed by atoms with E-state index >= 15 is 0 Å². The van der Waals surface area contributed by atoms with E-state index in [1.807, 2.05) is 32.9 Å². The minimum absolute atomic E-state index is 0.0236. The van der Waals surface area contributed by atoms with Crippen LogP contribution in [-0.2, 0) is 10.0 Å². The van der Waals surface area contributed by atoms with Gasteiger partial charge in [0.05, 0.1) is 16.5 Å². The van der Waals surface area contributed by atoms with Crippen LogP contribution in [0.1, 0.15) is 33.6 Å². The Bertz CT molecular complexity index is 569. The highest BCUT2D eigenvalue weighted by molar-refractivity contribution is 7.91. The van der Waals surface area contributed by atoms with Crippen LogP contribution in [-0.4, -0.2) is 25.7 Å². The molecular formula is C14H22ClNO3S2. The van der Waals surface area contributed by atoms with Crippen molar-refractivity contribution >= 4 is 33.0 Å². The molecule has 0 spiro atoms. The van der Waals surface area contributed by atoms with Gasteiger partial charge in [-0.2, -0.15) is 0 Å². The summed E-state index contributed by atoms with van der Waals surface area (Å²) in [6.45, 7) is 5.76. The zero-order valence-corrected chi connectivity index (χ0v) is 14.8. The normalized spacial score (nSPS) is 17.0. The summed E-state index contributed by atoms with van der Waals surface area (Å²) in [4.78, 5) is 0. The Balaban J connectivity index is 2.95. The molecule has 1 aromatic rings. The number of rotatable bonds is 8. The lowest BCUT2D eigenvalue weighted by molar-refractivity contribution is 0.114. The summed E-state index contributed by atoms with van der Waals surface area (Å²) in [7, 11) is -3.66. The Kier molecular flexibility index (Phi) is 7.36. The van der Waals surface area contributed by atoms with E-state index in [1.54, 1.807) is 6.07 Å². The van der Waals surface area contributed by atoms with Gasteiger partial charge >= 0.3 is 0 Å². The number of thiophene rings is 1. The zero-order chi connectivity index (χ0) is 16.0. The van der Waals surface area contributed by atoms with E-state index in [1.165, 1.54) is 6.07 Å². The molecule has 0 aliphatic carbocycles. The number of nitrogens with one attached hydrogen (secondary N) is 1. The third-order valence-corrected chi connectivity index (χ3v) is 6.57. The van der Waals surface area contributed by atoms with Crippen LogP contribution in [0, 0.1) is 5.92 Å². The van der Waals surface area contributed by atoms with E-state index in [0.717, 1.165) is 17.8 Å². The highest BCUT2D eigenvalue weighted by atomic mass is 35.5. The Morgan fingerprint density at radius 1 is 1.48 bits per heavy atom. The summed E-state index contributed by atoms with van der Waals surface area (Å²) in [5.41, 5.74) is 0. The summed E-state index contributed by atoms with van der Waals surface area (Å²) in [6.07, 6.45) is 4.09. The lowest BCUT2D eigenvalue weighted by Gasteiger charge is -2.28. The first kappa shape index (κ1) is 18.6. The van der Waals surface area contributed by atoms with E-state index in [0.29, 0.717) is 10.8 Å². The number of hydrogen-bond donors (Lipinski definition) is 2. The van der Waals surface area contributed by atoms with Gasteiger partial charge in [-0.1, -0.05) is 44.0 Å². The quantitative estimate of drug-likeness (QED) is 0.705. The predicted octanol–water partition coefficient (Wildman–Crippen LogP) is 3.42. The Morgan fingerprint density at radius 3 is 2.62 bits per heavy atom. The minimum atomic E-state index is -3.66. The molecular weight excluding hydrogens is 330 g/mol. The van der Waals surface area contributed by atoms with Gasteiger partial charge in [0.25, 0.3) is 0 Å². The van der Waals surface area contributed by atoms with E-state index in [-0.39, 0.29) is 10.1 Å². The molecule has 4 nitrogen and oxygen atoms in total. The monoisotopic (exact) mass is 351 g/mol.